The molecule has 4 aromatic rings. The molecule has 0 fully saturated rings. The lowest BCUT2D eigenvalue weighted by Crippen LogP contribution is -2.09. The van der Waals surface area contributed by atoms with Crippen LogP contribution in [0, 0.1) is 18.6 Å². The third-order valence-corrected chi connectivity index (χ3v) is 5.92. The number of halogens is 2. The Morgan fingerprint density at radius 3 is 2.80 bits per heavy atom. The van der Waals surface area contributed by atoms with E-state index in [0.717, 1.165) is 29.1 Å². The zero-order valence-electron chi connectivity index (χ0n) is 16.0. The van der Waals surface area contributed by atoms with Gasteiger partial charge in [0.15, 0.2) is 16.7 Å². The zero-order chi connectivity index (χ0) is 21.3. The number of thiazole rings is 1. The number of thiophene rings is 1. The van der Waals surface area contributed by atoms with Crippen LogP contribution in [0.4, 0.5) is 13.9 Å². The summed E-state index contributed by atoms with van der Waals surface area (Å²) in [4.78, 5) is 17.5. The van der Waals surface area contributed by atoms with Gasteiger partial charge in [-0.15, -0.1) is 22.7 Å². The molecule has 30 heavy (non-hydrogen) atoms. The SMILES string of the molecule is Cc1nn(C)cc1-c1csc(NC(=O)c2cc(COc3ccc(F)cc3F)cs2)n1. The molecular formula is C20H16F2N4O2S2. The maximum atomic E-state index is 13.6. The van der Waals surface area contributed by atoms with Gasteiger partial charge in [-0.2, -0.15) is 5.10 Å². The molecule has 0 aliphatic heterocycles. The summed E-state index contributed by atoms with van der Waals surface area (Å²) in [6.07, 6.45) is 1.88. The van der Waals surface area contributed by atoms with E-state index in [9.17, 15) is 13.6 Å². The van der Waals surface area contributed by atoms with E-state index in [4.69, 9.17) is 4.74 Å². The smallest absolute Gasteiger partial charge is 0.267 e. The molecule has 0 atom stereocenters. The first kappa shape index (κ1) is 20.2. The van der Waals surface area contributed by atoms with Gasteiger partial charge < -0.3 is 4.74 Å². The minimum Gasteiger partial charge on any atom is -0.486 e. The summed E-state index contributed by atoms with van der Waals surface area (Å²) in [7, 11) is 1.84. The van der Waals surface area contributed by atoms with Crippen LogP contribution >= 0.6 is 22.7 Å². The van der Waals surface area contributed by atoms with Crippen molar-refractivity contribution in [2.45, 2.75) is 13.5 Å². The molecule has 0 saturated heterocycles. The molecule has 0 saturated carbocycles. The molecule has 3 heterocycles. The van der Waals surface area contributed by atoms with E-state index in [1.54, 1.807) is 16.1 Å². The molecule has 1 amide bonds. The van der Waals surface area contributed by atoms with Crippen molar-refractivity contribution >= 4 is 33.7 Å². The second kappa shape index (κ2) is 8.33. The zero-order valence-corrected chi connectivity index (χ0v) is 17.6. The van der Waals surface area contributed by atoms with E-state index in [0.29, 0.717) is 15.6 Å². The second-order valence-electron chi connectivity index (χ2n) is 6.48. The van der Waals surface area contributed by atoms with Crippen molar-refractivity contribution in [3.63, 3.8) is 0 Å². The molecule has 3 aromatic heterocycles. The number of carbonyl (C=O) groups is 1. The molecule has 0 unspecified atom stereocenters. The van der Waals surface area contributed by atoms with E-state index in [2.05, 4.69) is 15.4 Å². The van der Waals surface area contributed by atoms with Crippen molar-refractivity contribution in [1.82, 2.24) is 14.8 Å². The molecule has 0 aliphatic carbocycles. The quantitative estimate of drug-likeness (QED) is 0.451. The number of rotatable bonds is 6. The maximum absolute atomic E-state index is 13.6. The average Bonchev–Trinajstić information content (AvgIpc) is 3.41. The van der Waals surface area contributed by atoms with Crippen molar-refractivity contribution in [2.75, 3.05) is 5.32 Å². The Kier molecular flexibility index (Phi) is 5.60. The fourth-order valence-electron chi connectivity index (χ4n) is 2.79. The third-order valence-electron chi connectivity index (χ3n) is 4.18. The van der Waals surface area contributed by atoms with Gasteiger partial charge in [0.25, 0.3) is 5.91 Å². The predicted octanol–water partition coefficient (Wildman–Crippen LogP) is 5.02. The molecule has 0 bridgehead atoms. The normalized spacial score (nSPS) is 10.9. The van der Waals surface area contributed by atoms with Gasteiger partial charge in [0, 0.05) is 35.8 Å². The monoisotopic (exact) mass is 446 g/mol. The lowest BCUT2D eigenvalue weighted by molar-refractivity contribution is 0.103. The molecule has 10 heteroatoms. The van der Waals surface area contributed by atoms with Gasteiger partial charge in [0.05, 0.1) is 16.3 Å². The lowest BCUT2D eigenvalue weighted by atomic mass is 10.2. The number of carbonyl (C=O) groups excluding carboxylic acids is 1. The van der Waals surface area contributed by atoms with Crippen molar-refractivity contribution in [3.05, 3.63) is 69.0 Å². The summed E-state index contributed by atoms with van der Waals surface area (Å²) in [6.45, 7) is 1.97. The van der Waals surface area contributed by atoms with Gasteiger partial charge in [0.1, 0.15) is 12.4 Å². The third kappa shape index (κ3) is 4.39. The van der Waals surface area contributed by atoms with E-state index >= 15 is 0 Å². The number of nitrogens with zero attached hydrogens (tertiary/aromatic N) is 3. The fraction of sp³-hybridized carbons (Fsp3) is 0.150. The number of aryl methyl sites for hydroxylation is 2. The maximum Gasteiger partial charge on any atom is 0.267 e. The standard InChI is InChI=1S/C20H16F2N4O2S2/c1-11-14(7-26(2)25-11)16-10-30-20(23-16)24-19(27)18-5-12(9-29-18)8-28-17-4-3-13(21)6-15(17)22/h3-7,9-10H,8H2,1-2H3,(H,23,24,27). The van der Waals surface area contributed by atoms with Crippen molar-refractivity contribution < 1.29 is 18.3 Å². The Balaban J connectivity index is 1.39. The molecule has 0 radical (unpaired) electrons. The summed E-state index contributed by atoms with van der Waals surface area (Å²) in [5, 5.41) is 11.2. The fourth-order valence-corrected chi connectivity index (χ4v) is 4.29. The van der Waals surface area contributed by atoms with Gasteiger partial charge in [-0.3, -0.25) is 14.8 Å². The Morgan fingerprint density at radius 1 is 1.23 bits per heavy atom. The Hall–Kier alpha value is -3.11. The molecular weight excluding hydrogens is 430 g/mol. The van der Waals surface area contributed by atoms with Crippen LogP contribution in [0.25, 0.3) is 11.3 Å². The Labute approximate surface area is 178 Å². The van der Waals surface area contributed by atoms with Crippen LogP contribution < -0.4 is 10.1 Å². The van der Waals surface area contributed by atoms with Crippen molar-refractivity contribution in [1.29, 1.82) is 0 Å². The lowest BCUT2D eigenvalue weighted by Gasteiger charge is -2.05. The minimum absolute atomic E-state index is 0.0467. The highest BCUT2D eigenvalue weighted by Crippen LogP contribution is 2.28. The number of amides is 1. The highest BCUT2D eigenvalue weighted by molar-refractivity contribution is 7.14. The number of anilines is 1. The minimum atomic E-state index is -0.772. The molecule has 0 spiro atoms. The van der Waals surface area contributed by atoms with Crippen LogP contribution in [0.15, 0.2) is 41.2 Å². The van der Waals surface area contributed by atoms with Crippen LogP contribution in [0.5, 0.6) is 5.75 Å². The van der Waals surface area contributed by atoms with Crippen LogP contribution in [0.3, 0.4) is 0 Å². The van der Waals surface area contributed by atoms with Crippen LogP contribution in [-0.4, -0.2) is 20.7 Å². The summed E-state index contributed by atoms with van der Waals surface area (Å²) < 4.78 is 33.7. The number of hydrogen-bond acceptors (Lipinski definition) is 6. The largest absolute Gasteiger partial charge is 0.486 e. The summed E-state index contributed by atoms with van der Waals surface area (Å²) in [6, 6.07) is 4.78. The highest BCUT2D eigenvalue weighted by atomic mass is 32.1. The van der Waals surface area contributed by atoms with Gasteiger partial charge in [-0.1, -0.05) is 0 Å². The van der Waals surface area contributed by atoms with Crippen LogP contribution in [0.1, 0.15) is 20.9 Å². The summed E-state index contributed by atoms with van der Waals surface area (Å²) in [5.74, 6) is -1.78. The first-order valence-corrected chi connectivity index (χ1v) is 10.6. The van der Waals surface area contributed by atoms with Crippen molar-refractivity contribution in [2.24, 2.45) is 7.05 Å². The molecule has 4 rings (SSSR count). The second-order valence-corrected chi connectivity index (χ2v) is 8.25. The number of ether oxygens (including phenoxy) is 1. The first-order valence-electron chi connectivity index (χ1n) is 8.82. The number of benzene rings is 1. The van der Waals surface area contributed by atoms with Gasteiger partial charge in [-0.05, 0) is 30.5 Å². The molecule has 154 valence electrons. The average molecular weight is 447 g/mol. The van der Waals surface area contributed by atoms with Crippen molar-refractivity contribution in [3.8, 4) is 17.0 Å². The van der Waals surface area contributed by atoms with E-state index < -0.39 is 11.6 Å². The topological polar surface area (TPSA) is 69.0 Å². The van der Waals surface area contributed by atoms with E-state index in [1.165, 1.54) is 28.7 Å². The predicted molar refractivity (Wildman–Crippen MR) is 112 cm³/mol. The highest BCUT2D eigenvalue weighted by Gasteiger charge is 2.15. The van der Waals surface area contributed by atoms with E-state index in [1.807, 2.05) is 25.5 Å². The van der Waals surface area contributed by atoms with Gasteiger partial charge in [-0.25, -0.2) is 13.8 Å². The van der Waals surface area contributed by atoms with Crippen LogP contribution in [-0.2, 0) is 13.7 Å². The molecule has 1 aromatic carbocycles. The molecule has 0 aliphatic rings. The van der Waals surface area contributed by atoms with Crippen LogP contribution in [0.2, 0.25) is 0 Å². The van der Waals surface area contributed by atoms with Gasteiger partial charge in [0.2, 0.25) is 0 Å². The summed E-state index contributed by atoms with van der Waals surface area (Å²) >= 11 is 2.58. The summed E-state index contributed by atoms with van der Waals surface area (Å²) in [5.41, 5.74) is 3.24. The molecule has 1 N–H and O–H groups in total. The number of nitrogens with one attached hydrogen (secondary N) is 1. The Morgan fingerprint density at radius 2 is 2.07 bits per heavy atom. The number of hydrogen-bond donors (Lipinski definition) is 1. The van der Waals surface area contributed by atoms with Gasteiger partial charge >= 0.3 is 0 Å². The number of aromatic nitrogens is 3. The molecule has 6 nitrogen and oxygen atoms in total. The van der Waals surface area contributed by atoms with E-state index in [-0.39, 0.29) is 18.3 Å². The Bertz CT molecular complexity index is 1220. The first-order chi connectivity index (χ1) is 14.4.